The number of fused-ring (bicyclic) bond motifs is 2. The molecule has 4 rings (SSSR count). The van der Waals surface area contributed by atoms with Gasteiger partial charge in [-0.3, -0.25) is 0 Å². The van der Waals surface area contributed by atoms with Crippen LogP contribution in [0.4, 0.5) is 5.82 Å². The summed E-state index contributed by atoms with van der Waals surface area (Å²) in [7, 11) is 0. The zero-order valence-corrected chi connectivity index (χ0v) is 10.5. The molecule has 1 aromatic heterocycles. The summed E-state index contributed by atoms with van der Waals surface area (Å²) >= 11 is 0. The fourth-order valence-corrected chi connectivity index (χ4v) is 3.76. The Kier molecular flexibility index (Phi) is 2.20. The Morgan fingerprint density at radius 3 is 3.11 bits per heavy atom. The first-order chi connectivity index (χ1) is 9.25. The average Bonchev–Trinajstić information content (AvgIpc) is 2.80. The number of hydrogen-bond acceptors (Lipinski definition) is 3. The van der Waals surface area contributed by atoms with E-state index in [1.165, 1.54) is 18.4 Å². The van der Waals surface area contributed by atoms with Gasteiger partial charge in [-0.05, 0) is 42.4 Å². The highest BCUT2D eigenvalue weighted by Crippen LogP contribution is 2.43. The van der Waals surface area contributed by atoms with Gasteiger partial charge in [0.15, 0.2) is 0 Å². The van der Waals surface area contributed by atoms with Crippen LogP contribution in [-0.4, -0.2) is 22.5 Å². The molecule has 2 atom stereocenters. The van der Waals surface area contributed by atoms with Crippen molar-refractivity contribution in [2.45, 2.75) is 31.2 Å². The summed E-state index contributed by atoms with van der Waals surface area (Å²) in [4.78, 5) is 13.9. The molecule has 1 saturated heterocycles. The van der Waals surface area contributed by atoms with Gasteiger partial charge in [-0.15, -0.1) is 0 Å². The topological polar surface area (TPSA) is 71.0 Å². The number of aromatic amines is 1. The number of nitro groups is 1. The minimum atomic E-state index is -0.289. The van der Waals surface area contributed by atoms with Crippen molar-refractivity contribution in [2.75, 3.05) is 6.54 Å². The van der Waals surface area contributed by atoms with Gasteiger partial charge >= 0.3 is 5.82 Å². The Morgan fingerprint density at radius 2 is 2.26 bits per heavy atom. The molecule has 0 saturated carbocycles. The van der Waals surface area contributed by atoms with Gasteiger partial charge in [-0.25, -0.2) is 4.98 Å². The monoisotopic (exact) mass is 257 g/mol. The smallest absolute Gasteiger partial charge is 0.325 e. The summed E-state index contributed by atoms with van der Waals surface area (Å²) in [5.74, 6) is 0.675. The summed E-state index contributed by atoms with van der Waals surface area (Å²) in [6, 6.07) is 6.42. The van der Waals surface area contributed by atoms with Crippen LogP contribution in [0, 0.1) is 10.1 Å². The highest BCUT2D eigenvalue weighted by molar-refractivity contribution is 5.91. The average molecular weight is 257 g/mol. The Hall–Kier alpha value is -1.88. The summed E-state index contributed by atoms with van der Waals surface area (Å²) < 4.78 is 0. The van der Waals surface area contributed by atoms with E-state index in [1.807, 2.05) is 12.1 Å². The highest BCUT2D eigenvalue weighted by atomic mass is 16.6. The minimum Gasteiger partial charge on any atom is -0.358 e. The van der Waals surface area contributed by atoms with E-state index in [1.54, 1.807) is 0 Å². The Labute approximate surface area is 110 Å². The largest absolute Gasteiger partial charge is 0.358 e. The van der Waals surface area contributed by atoms with Crippen molar-refractivity contribution in [3.05, 3.63) is 39.4 Å². The summed E-state index contributed by atoms with van der Waals surface area (Å²) in [5, 5.41) is 15.8. The third kappa shape index (κ3) is 1.45. The second kappa shape index (κ2) is 3.81. The van der Waals surface area contributed by atoms with Gasteiger partial charge in [0.2, 0.25) is 0 Å². The molecule has 1 fully saturated rings. The molecule has 0 radical (unpaired) electrons. The van der Waals surface area contributed by atoms with Crippen molar-refractivity contribution < 1.29 is 4.92 Å². The molecule has 1 aliphatic carbocycles. The Morgan fingerprint density at radius 1 is 1.37 bits per heavy atom. The SMILES string of the molecule is O=[N+]([O-])c1[nH]c2cccc3c2c1C[C@H]1NCCCC31. The standard InChI is InChI=1S/C14H15N3O2/c18-17(19)14-10-7-12-8(4-2-6-15-12)9-3-1-5-11(16-14)13(9)10/h1,3,5,8,12,15-16H,2,4,6-7H2/t8?,12-/m1/s1. The first kappa shape index (κ1) is 11.0. The van der Waals surface area contributed by atoms with E-state index in [0.29, 0.717) is 12.0 Å². The summed E-state index contributed by atoms with van der Waals surface area (Å²) in [6.07, 6.45) is 3.12. The van der Waals surface area contributed by atoms with Gasteiger partial charge in [0.05, 0.1) is 5.56 Å². The van der Waals surface area contributed by atoms with Crippen LogP contribution in [0.25, 0.3) is 10.9 Å². The quantitative estimate of drug-likeness (QED) is 0.609. The van der Waals surface area contributed by atoms with Crippen LogP contribution in [0.15, 0.2) is 18.2 Å². The third-order valence-corrected chi connectivity index (χ3v) is 4.53. The van der Waals surface area contributed by atoms with Gasteiger partial charge in [-0.2, -0.15) is 0 Å². The van der Waals surface area contributed by atoms with Gasteiger partial charge in [0.25, 0.3) is 0 Å². The minimum absolute atomic E-state index is 0.174. The number of piperidine rings is 1. The molecule has 5 heteroatoms. The van der Waals surface area contributed by atoms with Crippen molar-refractivity contribution in [3.63, 3.8) is 0 Å². The van der Waals surface area contributed by atoms with Crippen LogP contribution in [0.1, 0.15) is 29.9 Å². The zero-order chi connectivity index (χ0) is 13.0. The molecule has 2 heterocycles. The van der Waals surface area contributed by atoms with Gasteiger partial charge in [0.1, 0.15) is 5.52 Å². The van der Waals surface area contributed by atoms with E-state index in [0.717, 1.165) is 29.4 Å². The van der Waals surface area contributed by atoms with Crippen molar-refractivity contribution >= 4 is 16.7 Å². The fourth-order valence-electron chi connectivity index (χ4n) is 3.76. The molecule has 5 nitrogen and oxygen atoms in total. The van der Waals surface area contributed by atoms with E-state index in [2.05, 4.69) is 16.4 Å². The molecule has 0 bridgehead atoms. The molecule has 2 aromatic rings. The van der Waals surface area contributed by atoms with E-state index in [4.69, 9.17) is 0 Å². The van der Waals surface area contributed by atoms with Crippen LogP contribution in [0.5, 0.6) is 0 Å². The molecule has 1 aromatic carbocycles. The van der Waals surface area contributed by atoms with E-state index in [-0.39, 0.29) is 10.7 Å². The molecule has 1 aliphatic heterocycles. The van der Waals surface area contributed by atoms with Crippen molar-refractivity contribution in [2.24, 2.45) is 0 Å². The first-order valence-electron chi connectivity index (χ1n) is 6.77. The van der Waals surface area contributed by atoms with Crippen LogP contribution in [0.3, 0.4) is 0 Å². The third-order valence-electron chi connectivity index (χ3n) is 4.53. The number of rotatable bonds is 1. The summed E-state index contributed by atoms with van der Waals surface area (Å²) in [6.45, 7) is 1.02. The van der Waals surface area contributed by atoms with Gasteiger partial charge in [-0.1, -0.05) is 12.1 Å². The lowest BCUT2D eigenvalue weighted by Crippen LogP contribution is -2.43. The van der Waals surface area contributed by atoms with E-state index >= 15 is 0 Å². The fraction of sp³-hybridized carbons (Fsp3) is 0.429. The molecule has 0 amide bonds. The second-order valence-corrected chi connectivity index (χ2v) is 5.49. The second-order valence-electron chi connectivity index (χ2n) is 5.49. The molecule has 98 valence electrons. The molecule has 2 aliphatic rings. The van der Waals surface area contributed by atoms with E-state index < -0.39 is 0 Å². The zero-order valence-electron chi connectivity index (χ0n) is 10.5. The van der Waals surface area contributed by atoms with Crippen molar-refractivity contribution in [3.8, 4) is 0 Å². The molecule has 0 spiro atoms. The molecule has 1 unspecified atom stereocenters. The number of aromatic nitrogens is 1. The number of hydrogen-bond donors (Lipinski definition) is 2. The summed E-state index contributed by atoms with van der Waals surface area (Å²) in [5.41, 5.74) is 3.06. The van der Waals surface area contributed by atoms with Crippen LogP contribution in [0.2, 0.25) is 0 Å². The maximum absolute atomic E-state index is 11.2. The van der Waals surface area contributed by atoms with E-state index in [9.17, 15) is 10.1 Å². The van der Waals surface area contributed by atoms with Crippen LogP contribution >= 0.6 is 0 Å². The number of nitrogens with one attached hydrogen (secondary N) is 2. The Balaban J connectivity index is 2.00. The first-order valence-corrected chi connectivity index (χ1v) is 6.77. The molecular formula is C14H15N3O2. The van der Waals surface area contributed by atoms with Crippen molar-refractivity contribution in [1.82, 2.24) is 10.3 Å². The maximum atomic E-state index is 11.2. The predicted octanol–water partition coefficient (Wildman–Crippen LogP) is 2.47. The maximum Gasteiger partial charge on any atom is 0.325 e. The van der Waals surface area contributed by atoms with Crippen molar-refractivity contribution in [1.29, 1.82) is 0 Å². The molecule has 2 N–H and O–H groups in total. The number of H-pyrrole nitrogens is 1. The van der Waals surface area contributed by atoms with Crippen LogP contribution in [-0.2, 0) is 6.42 Å². The number of benzene rings is 1. The lowest BCUT2D eigenvalue weighted by molar-refractivity contribution is -0.389. The van der Waals surface area contributed by atoms with Gasteiger partial charge in [0, 0.05) is 17.3 Å². The normalized spacial score (nSPS) is 25.3. The Bertz CT molecular complexity index is 677. The van der Waals surface area contributed by atoms with Crippen LogP contribution < -0.4 is 5.32 Å². The lowest BCUT2D eigenvalue weighted by atomic mass is 9.76. The number of nitrogens with zero attached hydrogens (tertiary/aromatic N) is 1. The van der Waals surface area contributed by atoms with Gasteiger partial charge < -0.3 is 15.4 Å². The lowest BCUT2D eigenvalue weighted by Gasteiger charge is -2.36. The molecular weight excluding hydrogens is 242 g/mol. The highest BCUT2D eigenvalue weighted by Gasteiger charge is 2.37. The predicted molar refractivity (Wildman–Crippen MR) is 72.4 cm³/mol. The molecule has 19 heavy (non-hydrogen) atoms.